The summed E-state index contributed by atoms with van der Waals surface area (Å²) in [5.74, 6) is -1.69. The Morgan fingerprint density at radius 3 is 2.19 bits per heavy atom. The van der Waals surface area contributed by atoms with Crippen LogP contribution in [0, 0.1) is 6.92 Å². The number of para-hydroxylation sites is 1. The molecule has 3 aromatic carbocycles. The third kappa shape index (κ3) is 4.08. The number of nitrogens with one attached hydrogen (secondary N) is 1. The summed E-state index contributed by atoms with van der Waals surface area (Å²) in [6, 6.07) is 18.6. The molecule has 0 fully saturated rings. The van der Waals surface area contributed by atoms with Gasteiger partial charge in [0.15, 0.2) is 0 Å². The van der Waals surface area contributed by atoms with E-state index in [-0.39, 0.29) is 27.7 Å². The van der Waals surface area contributed by atoms with Crippen LogP contribution in [0.5, 0.6) is 0 Å². The van der Waals surface area contributed by atoms with Gasteiger partial charge in [-0.15, -0.1) is 0 Å². The van der Waals surface area contributed by atoms with E-state index in [1.807, 2.05) is 31.2 Å². The molecule has 3 aromatic rings. The second-order valence-electron chi connectivity index (χ2n) is 7.14. The van der Waals surface area contributed by atoms with Gasteiger partial charge in [-0.3, -0.25) is 4.79 Å². The molecular weight excluding hydrogens is 428 g/mol. The molecule has 7 nitrogen and oxygen atoms in total. The van der Waals surface area contributed by atoms with E-state index in [4.69, 9.17) is 0 Å². The van der Waals surface area contributed by atoms with Crippen molar-refractivity contribution in [1.82, 2.24) is 0 Å². The minimum Gasteiger partial charge on any atom is -0.545 e. The number of aromatic carboxylic acids is 1. The maximum Gasteiger partial charge on any atom is 0.282 e. The second-order valence-corrected chi connectivity index (χ2v) is 8.74. The number of carbonyl (C=O) groups excluding carboxylic acids is 2. The number of hydrogen-bond donors (Lipinski definition) is 1. The van der Waals surface area contributed by atoms with Crippen molar-refractivity contribution in [3.8, 4) is 0 Å². The first-order valence-electron chi connectivity index (χ1n) is 9.61. The summed E-state index contributed by atoms with van der Waals surface area (Å²) in [5.41, 5.74) is 2.50. The Kier molecular flexibility index (Phi) is 5.46. The third-order valence-electron chi connectivity index (χ3n) is 4.99. The van der Waals surface area contributed by atoms with E-state index in [0.29, 0.717) is 16.8 Å². The lowest BCUT2D eigenvalue weighted by Crippen LogP contribution is -2.23. The van der Waals surface area contributed by atoms with Crippen molar-refractivity contribution in [1.29, 1.82) is 0 Å². The van der Waals surface area contributed by atoms with Crippen molar-refractivity contribution < 1.29 is 23.1 Å². The topological polar surface area (TPSA) is 116 Å². The van der Waals surface area contributed by atoms with E-state index in [1.54, 1.807) is 24.3 Å². The molecule has 0 atom stereocenters. The molecule has 1 aliphatic rings. The van der Waals surface area contributed by atoms with Gasteiger partial charge in [-0.2, -0.15) is 12.8 Å². The fourth-order valence-corrected chi connectivity index (χ4v) is 4.30. The van der Waals surface area contributed by atoms with Gasteiger partial charge in [-0.1, -0.05) is 54.6 Å². The van der Waals surface area contributed by atoms with Gasteiger partial charge in [0.05, 0.1) is 22.3 Å². The van der Waals surface area contributed by atoms with E-state index >= 15 is 0 Å². The lowest BCUT2D eigenvalue weighted by Gasteiger charge is -2.19. The fourth-order valence-electron chi connectivity index (χ4n) is 3.30. The van der Waals surface area contributed by atoms with Crippen LogP contribution in [0.25, 0.3) is 0 Å². The number of anilines is 1. The van der Waals surface area contributed by atoms with Gasteiger partial charge in [-0.05, 0) is 42.3 Å². The largest absolute Gasteiger partial charge is 0.545 e. The number of hydrogen-bond acceptors (Lipinski definition) is 6. The number of carboxylic acids is 1. The van der Waals surface area contributed by atoms with Crippen molar-refractivity contribution in [3.05, 3.63) is 107 Å². The van der Waals surface area contributed by atoms with Crippen LogP contribution >= 0.6 is 0 Å². The molecule has 1 N–H and O–H groups in total. The number of carbonyl (C=O) groups is 2. The van der Waals surface area contributed by atoms with Gasteiger partial charge in [0.25, 0.3) is 10.0 Å². The molecular formula is C24H17N2O5S-. The summed E-state index contributed by atoms with van der Waals surface area (Å²) in [5, 5.41) is 14.0. The predicted octanol–water partition coefficient (Wildman–Crippen LogP) is 2.73. The second kappa shape index (κ2) is 8.24. The van der Waals surface area contributed by atoms with E-state index in [1.165, 1.54) is 6.08 Å². The minimum absolute atomic E-state index is 0.0975. The molecule has 32 heavy (non-hydrogen) atoms. The Labute approximate surface area is 184 Å². The van der Waals surface area contributed by atoms with Crippen molar-refractivity contribution in [3.63, 3.8) is 0 Å². The quantitative estimate of drug-likeness (QED) is 0.646. The average molecular weight is 445 g/mol. The normalized spacial score (nSPS) is 14.6. The number of fused-ring (bicyclic) bond motifs is 1. The molecule has 0 spiro atoms. The van der Waals surface area contributed by atoms with Crippen LogP contribution < -0.4 is 10.4 Å². The summed E-state index contributed by atoms with van der Waals surface area (Å²) in [4.78, 5) is 23.8. The predicted molar refractivity (Wildman–Crippen MR) is 118 cm³/mol. The Morgan fingerprint density at radius 1 is 0.906 bits per heavy atom. The molecule has 0 radical (unpaired) electrons. The molecule has 0 unspecified atom stereocenters. The average Bonchev–Trinajstić information content (AvgIpc) is 2.78. The highest BCUT2D eigenvalue weighted by Gasteiger charge is 2.26. The molecule has 0 saturated heterocycles. The first kappa shape index (κ1) is 21.2. The summed E-state index contributed by atoms with van der Waals surface area (Å²) >= 11 is 0. The van der Waals surface area contributed by atoms with E-state index in [9.17, 15) is 23.1 Å². The molecule has 0 aromatic heterocycles. The van der Waals surface area contributed by atoms with Gasteiger partial charge in [-0.25, -0.2) is 0 Å². The Balaban J connectivity index is 1.80. The van der Waals surface area contributed by atoms with E-state index < -0.39 is 16.0 Å². The van der Waals surface area contributed by atoms with Crippen molar-refractivity contribution in [2.45, 2.75) is 11.8 Å². The monoisotopic (exact) mass is 445 g/mol. The Hall–Kier alpha value is -4.04. The molecule has 0 amide bonds. The van der Waals surface area contributed by atoms with Crippen LogP contribution in [-0.4, -0.2) is 25.9 Å². The third-order valence-corrected chi connectivity index (χ3v) is 6.30. The summed E-state index contributed by atoms with van der Waals surface area (Å²) in [7, 11) is -4.18. The number of sulfonamides is 1. The Bertz CT molecular complexity index is 1400. The van der Waals surface area contributed by atoms with E-state index in [0.717, 1.165) is 29.8 Å². The lowest BCUT2D eigenvalue weighted by atomic mass is 9.92. The van der Waals surface area contributed by atoms with Crippen LogP contribution in [-0.2, 0) is 10.0 Å². The number of carboxylic acid groups (broad SMARTS) is 1. The Morgan fingerprint density at radius 2 is 1.53 bits per heavy atom. The highest BCUT2D eigenvalue weighted by Crippen LogP contribution is 2.26. The number of Topliss-reactive ketones (excluding diaryl/α,β-unsaturated/α-hetero) is 1. The van der Waals surface area contributed by atoms with Crippen LogP contribution in [0.15, 0.2) is 93.9 Å². The maximum atomic E-state index is 13.0. The summed E-state index contributed by atoms with van der Waals surface area (Å²) in [6.45, 7) is 1.89. The zero-order chi connectivity index (χ0) is 22.9. The van der Waals surface area contributed by atoms with Crippen LogP contribution in [0.1, 0.15) is 31.8 Å². The molecule has 4 rings (SSSR count). The highest BCUT2D eigenvalue weighted by atomic mass is 32.2. The fraction of sp³-hybridized carbons (Fsp3) is 0.0417. The lowest BCUT2D eigenvalue weighted by molar-refractivity contribution is -0.255. The van der Waals surface area contributed by atoms with Crippen LogP contribution in [0.3, 0.4) is 0 Å². The van der Waals surface area contributed by atoms with Gasteiger partial charge in [0.1, 0.15) is 0 Å². The zero-order valence-electron chi connectivity index (χ0n) is 16.9. The van der Waals surface area contributed by atoms with Gasteiger partial charge >= 0.3 is 0 Å². The molecule has 1 aliphatic carbocycles. The highest BCUT2D eigenvalue weighted by molar-refractivity contribution is 7.90. The van der Waals surface area contributed by atoms with Crippen molar-refractivity contribution in [2.24, 2.45) is 4.40 Å². The first-order chi connectivity index (χ1) is 15.3. The maximum absolute atomic E-state index is 13.0. The number of allylic oxidation sites excluding steroid dienone is 2. The van der Waals surface area contributed by atoms with Crippen LogP contribution in [0.2, 0.25) is 0 Å². The van der Waals surface area contributed by atoms with Gasteiger partial charge < -0.3 is 15.2 Å². The summed E-state index contributed by atoms with van der Waals surface area (Å²) < 4.78 is 29.8. The van der Waals surface area contributed by atoms with Crippen LogP contribution in [0.4, 0.5) is 5.69 Å². The molecule has 160 valence electrons. The molecule has 8 heteroatoms. The molecule has 0 aliphatic heterocycles. The zero-order valence-corrected chi connectivity index (χ0v) is 17.7. The minimum atomic E-state index is -4.18. The SMILES string of the molecule is Cc1ccccc1NC1=CC(=NS(=O)(=O)c2ccc(C(=O)[O-])cc2)c2ccccc2C1=O. The number of aryl methyl sites for hydroxylation is 1. The number of benzene rings is 3. The standard InChI is InChI=1S/C24H18N2O5S/c1-15-6-2-5-9-20(15)25-22-14-21(18-7-3-4-8-19(18)23(22)27)26-32(30,31)17-12-10-16(11-13-17)24(28)29/h2-14,25H,1H3,(H,28,29)/p-1. The molecule has 0 heterocycles. The number of nitrogens with zero attached hydrogens (tertiary/aromatic N) is 1. The smallest absolute Gasteiger partial charge is 0.282 e. The number of ketones is 1. The van der Waals surface area contributed by atoms with Gasteiger partial charge in [0, 0.05) is 16.8 Å². The van der Waals surface area contributed by atoms with Gasteiger partial charge in [0.2, 0.25) is 5.78 Å². The summed E-state index contributed by atoms with van der Waals surface area (Å²) in [6.07, 6.45) is 1.41. The van der Waals surface area contributed by atoms with E-state index in [2.05, 4.69) is 9.71 Å². The molecule has 0 saturated carbocycles. The van der Waals surface area contributed by atoms with Crippen molar-refractivity contribution >= 4 is 33.2 Å². The number of rotatable bonds is 5. The first-order valence-corrected chi connectivity index (χ1v) is 11.0. The molecule has 0 bridgehead atoms. The van der Waals surface area contributed by atoms with Crippen molar-refractivity contribution in [2.75, 3.05) is 5.32 Å².